The lowest BCUT2D eigenvalue weighted by Gasteiger charge is -2.11. The van der Waals surface area contributed by atoms with Gasteiger partial charge in [-0.1, -0.05) is 12.1 Å². The Bertz CT molecular complexity index is 324. The summed E-state index contributed by atoms with van der Waals surface area (Å²) in [6, 6.07) is 5.67. The first-order valence-corrected chi connectivity index (χ1v) is 4.60. The predicted molar refractivity (Wildman–Crippen MR) is 52.0 cm³/mol. The summed E-state index contributed by atoms with van der Waals surface area (Å²) in [5.74, 6) is 0.102. The molecule has 1 aromatic rings. The molecule has 1 atom stereocenters. The van der Waals surface area contributed by atoms with E-state index in [2.05, 4.69) is 4.74 Å². The number of hydrogen-bond acceptors (Lipinski definition) is 3. The average molecular weight is 235 g/mol. The number of hydrogen-bond donors (Lipinski definition) is 2. The third-order valence-corrected chi connectivity index (χ3v) is 1.89. The molecule has 0 fully saturated rings. The van der Waals surface area contributed by atoms with Crippen LogP contribution in [0.5, 0.6) is 5.75 Å². The zero-order valence-electron chi connectivity index (χ0n) is 8.37. The van der Waals surface area contributed by atoms with Crippen molar-refractivity contribution in [2.24, 2.45) is 5.73 Å². The van der Waals surface area contributed by atoms with E-state index in [0.29, 0.717) is 5.56 Å². The van der Waals surface area contributed by atoms with Crippen LogP contribution in [-0.4, -0.2) is 24.4 Å². The van der Waals surface area contributed by atoms with Crippen LogP contribution in [0, 0.1) is 0 Å². The summed E-state index contributed by atoms with van der Waals surface area (Å²) in [5, 5.41) is 9.33. The first-order chi connectivity index (χ1) is 7.42. The molecule has 0 aliphatic rings. The molecule has 0 spiro atoms. The van der Waals surface area contributed by atoms with Gasteiger partial charge >= 0.3 is 6.18 Å². The van der Waals surface area contributed by atoms with Crippen LogP contribution in [0.15, 0.2) is 24.3 Å². The second-order valence-corrected chi connectivity index (χ2v) is 3.22. The smallest absolute Gasteiger partial charge is 0.422 e. The summed E-state index contributed by atoms with van der Waals surface area (Å²) in [4.78, 5) is 0. The fraction of sp³-hybridized carbons (Fsp3) is 0.400. The Morgan fingerprint density at radius 3 is 2.25 bits per heavy atom. The lowest BCUT2D eigenvalue weighted by molar-refractivity contribution is -0.153. The normalized spacial score (nSPS) is 13.6. The maximum absolute atomic E-state index is 11.8. The second kappa shape index (κ2) is 5.18. The van der Waals surface area contributed by atoms with Gasteiger partial charge in [-0.3, -0.25) is 0 Å². The minimum Gasteiger partial charge on any atom is -0.484 e. The number of aliphatic hydroxyl groups is 1. The minimum absolute atomic E-state index is 0.0583. The number of benzene rings is 1. The van der Waals surface area contributed by atoms with Crippen LogP contribution in [0.4, 0.5) is 13.2 Å². The van der Waals surface area contributed by atoms with Crippen LogP contribution in [0.25, 0.3) is 0 Å². The number of alkyl halides is 3. The third kappa shape index (κ3) is 4.08. The summed E-state index contributed by atoms with van der Waals surface area (Å²) < 4.78 is 40.0. The van der Waals surface area contributed by atoms with Crippen molar-refractivity contribution in [1.82, 2.24) is 0 Å². The molecule has 3 N–H and O–H groups in total. The summed E-state index contributed by atoms with van der Waals surface area (Å²) in [6.07, 6.45) is -5.16. The molecule has 1 unspecified atom stereocenters. The van der Waals surface area contributed by atoms with Crippen molar-refractivity contribution >= 4 is 0 Å². The van der Waals surface area contributed by atoms with Crippen molar-refractivity contribution in [3.63, 3.8) is 0 Å². The van der Waals surface area contributed by atoms with Crippen molar-refractivity contribution < 1.29 is 23.0 Å². The zero-order valence-corrected chi connectivity index (χ0v) is 8.37. The average Bonchev–Trinajstić information content (AvgIpc) is 2.25. The number of ether oxygens (including phenoxy) is 1. The quantitative estimate of drug-likeness (QED) is 0.833. The Labute approximate surface area is 90.6 Å². The van der Waals surface area contributed by atoms with E-state index >= 15 is 0 Å². The van der Waals surface area contributed by atoms with Crippen molar-refractivity contribution in [2.75, 3.05) is 13.2 Å². The zero-order chi connectivity index (χ0) is 12.2. The monoisotopic (exact) mass is 235 g/mol. The first kappa shape index (κ1) is 12.8. The SMILES string of the molecule is NCC(O)c1ccc(OCC(F)(F)F)cc1. The highest BCUT2D eigenvalue weighted by Gasteiger charge is 2.28. The molecule has 0 heterocycles. The Hall–Kier alpha value is -1.27. The molecular weight excluding hydrogens is 223 g/mol. The molecule has 0 radical (unpaired) electrons. The largest absolute Gasteiger partial charge is 0.484 e. The lowest BCUT2D eigenvalue weighted by atomic mass is 10.1. The molecule has 1 rings (SSSR count). The molecule has 3 nitrogen and oxygen atoms in total. The van der Waals surface area contributed by atoms with Crippen LogP contribution in [0.2, 0.25) is 0 Å². The van der Waals surface area contributed by atoms with Crippen LogP contribution in [0.3, 0.4) is 0 Å². The molecule has 6 heteroatoms. The van der Waals surface area contributed by atoms with Gasteiger partial charge in [0.15, 0.2) is 6.61 Å². The maximum atomic E-state index is 11.8. The van der Waals surface area contributed by atoms with Crippen LogP contribution in [-0.2, 0) is 0 Å². The molecule has 1 aromatic carbocycles. The van der Waals surface area contributed by atoms with Gasteiger partial charge in [-0.15, -0.1) is 0 Å². The summed E-state index contributed by atoms with van der Waals surface area (Å²) in [6.45, 7) is -1.27. The van der Waals surface area contributed by atoms with Crippen molar-refractivity contribution in [3.05, 3.63) is 29.8 Å². The number of aliphatic hydroxyl groups excluding tert-OH is 1. The highest BCUT2D eigenvalue weighted by molar-refractivity contribution is 5.28. The van der Waals surface area contributed by atoms with Gasteiger partial charge in [-0.25, -0.2) is 0 Å². The fourth-order valence-corrected chi connectivity index (χ4v) is 1.09. The van der Waals surface area contributed by atoms with Crippen molar-refractivity contribution in [1.29, 1.82) is 0 Å². The lowest BCUT2D eigenvalue weighted by Crippen LogP contribution is -2.19. The van der Waals surface area contributed by atoms with E-state index in [9.17, 15) is 18.3 Å². The van der Waals surface area contributed by atoms with Crippen LogP contribution in [0.1, 0.15) is 11.7 Å². The standard InChI is InChI=1S/C10H12F3NO2/c11-10(12,13)6-16-8-3-1-7(2-4-8)9(15)5-14/h1-4,9,15H,5-6,14H2. The van der Waals surface area contributed by atoms with E-state index < -0.39 is 18.9 Å². The Morgan fingerprint density at radius 1 is 1.25 bits per heavy atom. The Kier molecular flexibility index (Phi) is 4.14. The molecule has 0 aromatic heterocycles. The van der Waals surface area contributed by atoms with Gasteiger partial charge in [0, 0.05) is 6.54 Å². The van der Waals surface area contributed by atoms with E-state index in [4.69, 9.17) is 5.73 Å². The van der Waals surface area contributed by atoms with Crippen molar-refractivity contribution in [2.45, 2.75) is 12.3 Å². The van der Waals surface area contributed by atoms with E-state index in [-0.39, 0.29) is 12.3 Å². The maximum Gasteiger partial charge on any atom is 0.422 e. The van der Waals surface area contributed by atoms with Gasteiger partial charge in [0.2, 0.25) is 0 Å². The fourth-order valence-electron chi connectivity index (χ4n) is 1.09. The number of nitrogens with two attached hydrogens (primary N) is 1. The third-order valence-electron chi connectivity index (χ3n) is 1.89. The van der Waals surface area contributed by atoms with E-state index in [0.717, 1.165) is 0 Å². The molecule has 90 valence electrons. The molecule has 16 heavy (non-hydrogen) atoms. The van der Waals surface area contributed by atoms with Gasteiger partial charge in [-0.05, 0) is 17.7 Å². The van der Waals surface area contributed by atoms with Gasteiger partial charge in [0.05, 0.1) is 6.10 Å². The molecule has 0 saturated carbocycles. The van der Waals surface area contributed by atoms with Gasteiger partial charge in [0.25, 0.3) is 0 Å². The number of halogens is 3. The highest BCUT2D eigenvalue weighted by atomic mass is 19.4. The van der Waals surface area contributed by atoms with Gasteiger partial charge in [-0.2, -0.15) is 13.2 Å². The minimum atomic E-state index is -4.35. The molecule has 0 amide bonds. The molecule has 0 aliphatic heterocycles. The van der Waals surface area contributed by atoms with Crippen LogP contribution >= 0.6 is 0 Å². The van der Waals surface area contributed by atoms with Crippen LogP contribution < -0.4 is 10.5 Å². The van der Waals surface area contributed by atoms with Gasteiger partial charge < -0.3 is 15.6 Å². The molecular formula is C10H12F3NO2. The first-order valence-electron chi connectivity index (χ1n) is 4.60. The highest BCUT2D eigenvalue weighted by Crippen LogP contribution is 2.20. The summed E-state index contributed by atoms with van der Waals surface area (Å²) >= 11 is 0. The summed E-state index contributed by atoms with van der Waals surface area (Å²) in [5.41, 5.74) is 5.77. The number of rotatable bonds is 4. The van der Waals surface area contributed by atoms with E-state index in [1.807, 2.05) is 0 Å². The Balaban J connectivity index is 2.58. The summed E-state index contributed by atoms with van der Waals surface area (Å²) in [7, 11) is 0. The molecule has 0 aliphatic carbocycles. The molecule has 0 saturated heterocycles. The van der Waals surface area contributed by atoms with E-state index in [1.165, 1.54) is 24.3 Å². The topological polar surface area (TPSA) is 55.5 Å². The Morgan fingerprint density at radius 2 is 1.81 bits per heavy atom. The van der Waals surface area contributed by atoms with Crippen molar-refractivity contribution in [3.8, 4) is 5.75 Å². The van der Waals surface area contributed by atoms with E-state index in [1.54, 1.807) is 0 Å². The van der Waals surface area contributed by atoms with Gasteiger partial charge in [0.1, 0.15) is 5.75 Å². The second-order valence-electron chi connectivity index (χ2n) is 3.22. The molecule has 0 bridgehead atoms. The predicted octanol–water partition coefficient (Wildman–Crippen LogP) is 1.62.